The van der Waals surface area contributed by atoms with Gasteiger partial charge in [0, 0.05) is 22.8 Å². The first kappa shape index (κ1) is 30.1. The van der Waals surface area contributed by atoms with Crippen molar-refractivity contribution in [2.75, 3.05) is 11.9 Å². The predicted octanol–water partition coefficient (Wildman–Crippen LogP) is 6.96. The van der Waals surface area contributed by atoms with Crippen molar-refractivity contribution < 1.29 is 32.6 Å². The predicted molar refractivity (Wildman–Crippen MR) is 142 cm³/mol. The zero-order valence-corrected chi connectivity index (χ0v) is 22.6. The van der Waals surface area contributed by atoms with Crippen LogP contribution >= 0.6 is 0 Å². The van der Waals surface area contributed by atoms with Gasteiger partial charge in [-0.1, -0.05) is 45.6 Å². The van der Waals surface area contributed by atoms with Crippen molar-refractivity contribution in [1.82, 2.24) is 14.8 Å². The lowest BCUT2D eigenvalue weighted by molar-refractivity contribution is -0.148. The van der Waals surface area contributed by atoms with Crippen molar-refractivity contribution in [2.45, 2.75) is 84.0 Å². The molecule has 11 heteroatoms. The van der Waals surface area contributed by atoms with E-state index >= 15 is 0 Å². The van der Waals surface area contributed by atoms with E-state index in [2.05, 4.69) is 24.1 Å². The summed E-state index contributed by atoms with van der Waals surface area (Å²) in [5.74, 6) is -2.00. The van der Waals surface area contributed by atoms with Gasteiger partial charge in [-0.15, -0.1) is 0 Å². The molecule has 0 atom stereocenters. The highest BCUT2D eigenvalue weighted by Gasteiger charge is 2.33. The van der Waals surface area contributed by atoms with E-state index in [4.69, 9.17) is 14.9 Å². The van der Waals surface area contributed by atoms with Gasteiger partial charge in [-0.05, 0) is 51.0 Å². The number of halogens is 3. The SMILES string of the molecule is CC(C)(OCC(=O)O)c1cc2nn(C3CCCCC3)cc2cc1NC(=O)c1cccc(C(F)(F)F)n1.CCC. The highest BCUT2D eigenvalue weighted by molar-refractivity contribution is 6.04. The first-order valence-corrected chi connectivity index (χ1v) is 13.1. The molecule has 1 aliphatic rings. The van der Waals surface area contributed by atoms with Crippen molar-refractivity contribution >= 4 is 28.5 Å². The van der Waals surface area contributed by atoms with Crippen LogP contribution in [0.25, 0.3) is 10.9 Å². The molecule has 39 heavy (non-hydrogen) atoms. The number of nitrogens with one attached hydrogen (secondary N) is 1. The van der Waals surface area contributed by atoms with Gasteiger partial charge in [0.2, 0.25) is 0 Å². The van der Waals surface area contributed by atoms with E-state index in [0.29, 0.717) is 11.1 Å². The molecule has 2 heterocycles. The fourth-order valence-electron chi connectivity index (χ4n) is 4.45. The van der Waals surface area contributed by atoms with Gasteiger partial charge in [0.05, 0.1) is 17.2 Å². The first-order valence-electron chi connectivity index (χ1n) is 13.1. The number of amides is 1. The molecule has 0 bridgehead atoms. The molecule has 0 aliphatic heterocycles. The number of ether oxygens (including phenoxy) is 1. The summed E-state index contributed by atoms with van der Waals surface area (Å²) in [5, 5.41) is 17.2. The minimum Gasteiger partial charge on any atom is -0.480 e. The average molecular weight is 549 g/mol. The van der Waals surface area contributed by atoms with E-state index in [9.17, 15) is 22.8 Å². The molecule has 212 valence electrons. The number of aromatic nitrogens is 3. The van der Waals surface area contributed by atoms with Crippen molar-refractivity contribution in [3.05, 3.63) is 53.5 Å². The Morgan fingerprint density at radius 2 is 1.79 bits per heavy atom. The normalized spacial score (nSPS) is 14.5. The monoisotopic (exact) mass is 548 g/mol. The second-order valence-electron chi connectivity index (χ2n) is 10.1. The molecule has 2 N–H and O–H groups in total. The maximum Gasteiger partial charge on any atom is 0.433 e. The number of rotatable bonds is 7. The summed E-state index contributed by atoms with van der Waals surface area (Å²) in [6, 6.07) is 6.74. The van der Waals surface area contributed by atoms with Gasteiger partial charge in [-0.25, -0.2) is 9.78 Å². The number of carbonyl (C=O) groups excluding carboxylic acids is 1. The Hall–Kier alpha value is -3.47. The number of carboxylic acids is 1. The molecule has 1 fully saturated rings. The Morgan fingerprint density at radius 3 is 2.41 bits per heavy atom. The minimum absolute atomic E-state index is 0.262. The van der Waals surface area contributed by atoms with Crippen LogP contribution in [0.3, 0.4) is 0 Å². The molecule has 1 amide bonds. The summed E-state index contributed by atoms with van der Waals surface area (Å²) >= 11 is 0. The lowest BCUT2D eigenvalue weighted by Crippen LogP contribution is -2.27. The molecular formula is C28H35F3N4O4. The quantitative estimate of drug-likeness (QED) is 0.331. The van der Waals surface area contributed by atoms with Crippen LogP contribution in [-0.2, 0) is 21.3 Å². The minimum atomic E-state index is -4.69. The molecule has 2 aromatic heterocycles. The lowest BCUT2D eigenvalue weighted by atomic mass is 9.94. The van der Waals surface area contributed by atoms with Gasteiger partial charge in [0.25, 0.3) is 5.91 Å². The number of benzene rings is 1. The van der Waals surface area contributed by atoms with Crippen molar-refractivity contribution in [3.63, 3.8) is 0 Å². The Labute approximate surface area is 225 Å². The third kappa shape index (κ3) is 7.78. The molecule has 4 rings (SSSR count). The molecule has 1 aromatic carbocycles. The molecular weight excluding hydrogens is 513 g/mol. The van der Waals surface area contributed by atoms with Crippen LogP contribution in [0.5, 0.6) is 0 Å². The van der Waals surface area contributed by atoms with Gasteiger partial charge in [0.1, 0.15) is 18.0 Å². The van der Waals surface area contributed by atoms with Crippen LogP contribution in [0.2, 0.25) is 0 Å². The molecule has 0 spiro atoms. The van der Waals surface area contributed by atoms with E-state index in [1.54, 1.807) is 26.0 Å². The molecule has 0 saturated heterocycles. The van der Waals surface area contributed by atoms with E-state index in [1.807, 2.05) is 10.9 Å². The Bertz CT molecular complexity index is 1300. The second-order valence-corrected chi connectivity index (χ2v) is 10.1. The Kier molecular flexibility index (Phi) is 9.71. The van der Waals surface area contributed by atoms with E-state index in [-0.39, 0.29) is 11.7 Å². The van der Waals surface area contributed by atoms with Crippen LogP contribution in [-0.4, -0.2) is 38.4 Å². The van der Waals surface area contributed by atoms with Crippen molar-refractivity contribution in [3.8, 4) is 0 Å². The number of carboxylic acid groups (broad SMARTS) is 1. The Balaban J connectivity index is 0.00000134. The highest BCUT2D eigenvalue weighted by Crippen LogP contribution is 2.36. The lowest BCUT2D eigenvalue weighted by Gasteiger charge is -2.27. The van der Waals surface area contributed by atoms with Crippen LogP contribution in [0, 0.1) is 0 Å². The Morgan fingerprint density at radius 1 is 1.13 bits per heavy atom. The number of nitrogens with zero attached hydrogens (tertiary/aromatic N) is 3. The zero-order valence-electron chi connectivity index (χ0n) is 22.6. The standard InChI is InChI=1S/C25H27F3N4O4.C3H8/c1-24(2,36-14-22(33)34)17-12-19-15(13-32(31-19)16-7-4-3-5-8-16)11-20(17)30-23(35)18-9-6-10-21(29-18)25(26,27)28;1-3-2/h6,9-13,16H,3-5,7-8,14H2,1-2H3,(H,30,35)(H,33,34);3H2,1-2H3. The fourth-order valence-corrected chi connectivity index (χ4v) is 4.45. The van der Waals surface area contributed by atoms with Crippen LogP contribution < -0.4 is 5.32 Å². The van der Waals surface area contributed by atoms with Gasteiger partial charge in [0.15, 0.2) is 0 Å². The fraction of sp³-hybridized carbons (Fsp3) is 0.500. The number of hydrogen-bond donors (Lipinski definition) is 2. The molecule has 0 unspecified atom stereocenters. The van der Waals surface area contributed by atoms with Gasteiger partial charge >= 0.3 is 12.1 Å². The van der Waals surface area contributed by atoms with E-state index in [0.717, 1.165) is 43.2 Å². The number of pyridine rings is 1. The second kappa shape index (κ2) is 12.6. The number of aliphatic carboxylic acids is 1. The summed E-state index contributed by atoms with van der Waals surface area (Å²) in [4.78, 5) is 27.5. The molecule has 0 radical (unpaired) electrons. The zero-order chi connectivity index (χ0) is 28.8. The molecule has 1 aliphatic carbocycles. The maximum absolute atomic E-state index is 13.1. The van der Waals surface area contributed by atoms with Crippen molar-refractivity contribution in [1.29, 1.82) is 0 Å². The van der Waals surface area contributed by atoms with Crippen LogP contribution in [0.15, 0.2) is 36.5 Å². The number of alkyl halides is 3. The van der Waals surface area contributed by atoms with E-state index < -0.39 is 41.6 Å². The summed E-state index contributed by atoms with van der Waals surface area (Å²) in [6.45, 7) is 6.96. The number of hydrogen-bond acceptors (Lipinski definition) is 5. The van der Waals surface area contributed by atoms with Crippen molar-refractivity contribution in [2.24, 2.45) is 0 Å². The molecule has 8 nitrogen and oxygen atoms in total. The third-order valence-corrected chi connectivity index (χ3v) is 6.34. The summed E-state index contributed by atoms with van der Waals surface area (Å²) in [5.41, 5.74) is -1.40. The average Bonchev–Trinajstić information content (AvgIpc) is 3.31. The van der Waals surface area contributed by atoms with Gasteiger partial charge in [-0.2, -0.15) is 18.3 Å². The first-order chi connectivity index (χ1) is 18.4. The summed E-state index contributed by atoms with van der Waals surface area (Å²) in [6.07, 6.45) is 3.90. The maximum atomic E-state index is 13.1. The topological polar surface area (TPSA) is 106 Å². The van der Waals surface area contributed by atoms with Gasteiger partial charge in [-0.3, -0.25) is 9.48 Å². The smallest absolute Gasteiger partial charge is 0.433 e. The third-order valence-electron chi connectivity index (χ3n) is 6.34. The molecule has 1 saturated carbocycles. The number of fused-ring (bicyclic) bond motifs is 1. The summed E-state index contributed by atoms with van der Waals surface area (Å²) in [7, 11) is 0. The number of anilines is 1. The summed E-state index contributed by atoms with van der Waals surface area (Å²) < 4.78 is 46.8. The van der Waals surface area contributed by atoms with E-state index in [1.165, 1.54) is 18.9 Å². The number of carbonyl (C=O) groups is 2. The molecule has 3 aromatic rings. The largest absolute Gasteiger partial charge is 0.480 e. The van der Waals surface area contributed by atoms with Crippen LogP contribution in [0.1, 0.15) is 94.0 Å². The highest BCUT2D eigenvalue weighted by atomic mass is 19.4. The van der Waals surface area contributed by atoms with Crippen LogP contribution in [0.4, 0.5) is 18.9 Å². The van der Waals surface area contributed by atoms with Gasteiger partial charge < -0.3 is 15.2 Å².